The van der Waals surface area contributed by atoms with Gasteiger partial charge >= 0.3 is 12.1 Å². The van der Waals surface area contributed by atoms with Crippen LogP contribution in [0.1, 0.15) is 28.3 Å². The molecule has 0 spiro atoms. The number of ether oxygens (including phenoxy) is 1. The van der Waals surface area contributed by atoms with E-state index in [2.05, 4.69) is 9.57 Å². The summed E-state index contributed by atoms with van der Waals surface area (Å²) in [5.41, 5.74) is 1.24. The van der Waals surface area contributed by atoms with Crippen molar-refractivity contribution in [2.45, 2.75) is 18.4 Å². The predicted molar refractivity (Wildman–Crippen MR) is 71.8 cm³/mol. The summed E-state index contributed by atoms with van der Waals surface area (Å²) >= 11 is 0. The molecule has 0 aliphatic carbocycles. The van der Waals surface area contributed by atoms with Crippen LogP contribution < -0.4 is 0 Å². The average Bonchev–Trinajstić information content (AvgIpc) is 2.46. The number of hydrogen-bond acceptors (Lipinski definition) is 6. The number of carboxylic acid groups (broad SMARTS) is 1. The van der Waals surface area contributed by atoms with Crippen molar-refractivity contribution in [1.29, 1.82) is 0 Å². The normalized spacial score (nSPS) is 22.6. The molecule has 2 unspecified atom stereocenters. The lowest BCUT2D eigenvalue weighted by atomic mass is 9.87. The van der Waals surface area contributed by atoms with Crippen LogP contribution in [0.4, 0.5) is 4.79 Å². The molecule has 21 heavy (non-hydrogen) atoms. The lowest BCUT2D eigenvalue weighted by Crippen LogP contribution is -2.43. The van der Waals surface area contributed by atoms with E-state index in [0.717, 1.165) is 5.56 Å². The number of hydrogen-bond donors (Lipinski definition) is 2. The summed E-state index contributed by atoms with van der Waals surface area (Å²) in [7, 11) is 1.31. The van der Waals surface area contributed by atoms with E-state index < -0.39 is 18.2 Å². The number of piperidine rings is 1. The minimum atomic E-state index is -1.40. The monoisotopic (exact) mass is 295 g/mol. The highest BCUT2D eigenvalue weighted by Crippen LogP contribution is 2.29. The van der Waals surface area contributed by atoms with Crippen LogP contribution in [0.15, 0.2) is 24.3 Å². The van der Waals surface area contributed by atoms with Crippen molar-refractivity contribution in [2.24, 2.45) is 0 Å². The number of benzene rings is 1. The van der Waals surface area contributed by atoms with Gasteiger partial charge in [-0.15, -0.1) is 5.06 Å². The summed E-state index contributed by atoms with van der Waals surface area (Å²) in [4.78, 5) is 26.5. The molecule has 0 radical (unpaired) electrons. The van der Waals surface area contributed by atoms with Gasteiger partial charge in [-0.3, -0.25) is 0 Å². The summed E-state index contributed by atoms with van der Waals surface area (Å²) in [6.45, 7) is 0.482. The Bertz CT molecular complexity index is 532. The van der Waals surface area contributed by atoms with E-state index in [-0.39, 0.29) is 12.5 Å². The highest BCUT2D eigenvalue weighted by atomic mass is 16.8. The van der Waals surface area contributed by atoms with E-state index in [1.165, 1.54) is 12.2 Å². The summed E-state index contributed by atoms with van der Waals surface area (Å²) in [5, 5.41) is 19.9. The number of β-amino-alcohol motifs (C(OH)–C–C–N with tert-alkyl or cyclic N) is 1. The molecule has 1 heterocycles. The lowest BCUT2D eigenvalue weighted by molar-refractivity contribution is -0.154. The Hall–Kier alpha value is -2.12. The number of aliphatic hydroxyl groups is 1. The zero-order chi connectivity index (χ0) is 15.4. The van der Waals surface area contributed by atoms with Gasteiger partial charge in [0, 0.05) is 12.5 Å². The first-order valence-electron chi connectivity index (χ1n) is 6.53. The van der Waals surface area contributed by atoms with Crippen molar-refractivity contribution in [3.63, 3.8) is 0 Å². The third kappa shape index (κ3) is 3.71. The molecule has 0 aromatic heterocycles. The molecule has 2 rings (SSSR count). The maximum atomic E-state index is 11.5. The van der Waals surface area contributed by atoms with Crippen LogP contribution in [0.25, 0.3) is 0 Å². The molecule has 7 nitrogen and oxygen atoms in total. The van der Waals surface area contributed by atoms with Crippen LogP contribution in [0.3, 0.4) is 0 Å². The number of nitrogens with zero attached hydrogens (tertiary/aromatic N) is 1. The van der Waals surface area contributed by atoms with Gasteiger partial charge < -0.3 is 19.8 Å². The molecule has 114 valence electrons. The Balaban J connectivity index is 2.09. The Morgan fingerprint density at radius 2 is 2.14 bits per heavy atom. The van der Waals surface area contributed by atoms with Gasteiger partial charge in [-0.2, -0.15) is 0 Å². The van der Waals surface area contributed by atoms with E-state index >= 15 is 0 Å². The Labute approximate surface area is 121 Å². The molecule has 1 aromatic carbocycles. The standard InChI is InChI=1S/C14H17NO6/c1-20-13(17)10-4-2-3-9(7-10)11-5-6-15(8-12(11)16)21-14(18)19/h2-4,7,11-12,16H,5-6,8H2,1H3,(H,18,19). The van der Waals surface area contributed by atoms with Gasteiger partial charge in [0.2, 0.25) is 0 Å². The van der Waals surface area contributed by atoms with Gasteiger partial charge in [0.1, 0.15) is 0 Å². The third-order valence-corrected chi connectivity index (χ3v) is 3.49. The molecule has 0 saturated carbocycles. The molecule has 1 aliphatic heterocycles. The molecule has 0 bridgehead atoms. The Morgan fingerprint density at radius 3 is 2.76 bits per heavy atom. The minimum Gasteiger partial charge on any atom is -0.465 e. The van der Waals surface area contributed by atoms with Gasteiger partial charge in [0.15, 0.2) is 0 Å². The summed E-state index contributed by atoms with van der Waals surface area (Å²) < 4.78 is 4.67. The molecule has 1 fully saturated rings. The number of rotatable bonds is 3. The van der Waals surface area contributed by atoms with Crippen LogP contribution in [0.5, 0.6) is 0 Å². The predicted octanol–water partition coefficient (Wildman–Crippen LogP) is 1.23. The first-order chi connectivity index (χ1) is 10.0. The van der Waals surface area contributed by atoms with Gasteiger partial charge in [-0.05, 0) is 24.1 Å². The summed E-state index contributed by atoms with van der Waals surface area (Å²) in [5.74, 6) is -0.610. The molecule has 1 saturated heterocycles. The van der Waals surface area contributed by atoms with Crippen molar-refractivity contribution in [2.75, 3.05) is 20.2 Å². The number of hydroxylamine groups is 2. The van der Waals surface area contributed by atoms with Crippen LogP contribution in [0.2, 0.25) is 0 Å². The molecule has 2 N–H and O–H groups in total. The highest BCUT2D eigenvalue weighted by molar-refractivity contribution is 5.89. The van der Waals surface area contributed by atoms with Crippen LogP contribution >= 0.6 is 0 Å². The van der Waals surface area contributed by atoms with Crippen molar-refractivity contribution in [3.8, 4) is 0 Å². The molecule has 7 heteroatoms. The van der Waals surface area contributed by atoms with Gasteiger partial charge in [-0.25, -0.2) is 9.59 Å². The smallest absolute Gasteiger partial charge is 0.465 e. The van der Waals surface area contributed by atoms with E-state index in [0.29, 0.717) is 18.5 Å². The topological polar surface area (TPSA) is 96.3 Å². The van der Waals surface area contributed by atoms with Gasteiger partial charge in [0.05, 0.1) is 25.3 Å². The second kappa shape index (κ2) is 6.55. The highest BCUT2D eigenvalue weighted by Gasteiger charge is 2.31. The second-order valence-corrected chi connectivity index (χ2v) is 4.82. The molecule has 1 aromatic rings. The SMILES string of the molecule is COC(=O)c1cccc(C2CCN(OC(=O)O)CC2O)c1. The summed E-state index contributed by atoms with van der Waals surface area (Å²) in [6.07, 6.45) is -1.64. The van der Waals surface area contributed by atoms with E-state index in [9.17, 15) is 14.7 Å². The van der Waals surface area contributed by atoms with E-state index in [4.69, 9.17) is 5.11 Å². The molecule has 1 aliphatic rings. The van der Waals surface area contributed by atoms with Crippen LogP contribution in [0, 0.1) is 0 Å². The quantitative estimate of drug-likeness (QED) is 0.810. The zero-order valence-corrected chi connectivity index (χ0v) is 11.6. The Kier molecular flexibility index (Phi) is 4.77. The van der Waals surface area contributed by atoms with Crippen molar-refractivity contribution < 1.29 is 29.4 Å². The number of aliphatic hydroxyl groups excluding tert-OH is 1. The first kappa shape index (κ1) is 15.3. The van der Waals surface area contributed by atoms with Crippen molar-refractivity contribution >= 4 is 12.1 Å². The fourth-order valence-corrected chi connectivity index (χ4v) is 2.50. The largest absolute Gasteiger partial charge is 0.525 e. The van der Waals surface area contributed by atoms with Crippen molar-refractivity contribution in [3.05, 3.63) is 35.4 Å². The molecule has 0 amide bonds. The maximum absolute atomic E-state index is 11.5. The van der Waals surface area contributed by atoms with Gasteiger partial charge in [-0.1, -0.05) is 12.1 Å². The van der Waals surface area contributed by atoms with Crippen LogP contribution in [-0.4, -0.2) is 53.7 Å². The summed E-state index contributed by atoms with van der Waals surface area (Å²) in [6, 6.07) is 6.89. The molecular weight excluding hydrogens is 278 g/mol. The number of carbonyl (C=O) groups excluding carboxylic acids is 1. The van der Waals surface area contributed by atoms with Crippen LogP contribution in [-0.2, 0) is 9.57 Å². The number of carbonyl (C=O) groups is 2. The Morgan fingerprint density at radius 1 is 1.38 bits per heavy atom. The van der Waals surface area contributed by atoms with Crippen molar-refractivity contribution in [1.82, 2.24) is 5.06 Å². The zero-order valence-electron chi connectivity index (χ0n) is 11.6. The fraction of sp³-hybridized carbons (Fsp3) is 0.429. The minimum absolute atomic E-state index is 0.0966. The van der Waals surface area contributed by atoms with Gasteiger partial charge in [0.25, 0.3) is 0 Å². The number of esters is 1. The van der Waals surface area contributed by atoms with E-state index in [1.54, 1.807) is 18.2 Å². The fourth-order valence-electron chi connectivity index (χ4n) is 2.50. The number of methoxy groups -OCH3 is 1. The maximum Gasteiger partial charge on any atom is 0.525 e. The average molecular weight is 295 g/mol. The lowest BCUT2D eigenvalue weighted by Gasteiger charge is -2.34. The van der Waals surface area contributed by atoms with E-state index in [1.807, 2.05) is 6.07 Å². The third-order valence-electron chi connectivity index (χ3n) is 3.49. The first-order valence-corrected chi connectivity index (χ1v) is 6.53. The second-order valence-electron chi connectivity index (χ2n) is 4.82. The molecular formula is C14H17NO6. The molecule has 2 atom stereocenters.